The largest absolute Gasteiger partial charge is 0.468 e. The highest BCUT2D eigenvalue weighted by atomic mass is 19.4. The molecule has 1 aromatic rings. The van der Waals surface area contributed by atoms with Gasteiger partial charge in [0, 0.05) is 5.69 Å². The number of halogens is 3. The zero-order chi connectivity index (χ0) is 19.6. The molecular formula is C16H19F3N2O5. The van der Waals surface area contributed by atoms with Crippen LogP contribution in [0.1, 0.15) is 12.0 Å². The molecule has 2 N–H and O–H groups in total. The highest BCUT2D eigenvalue weighted by molar-refractivity contribution is 5.90. The van der Waals surface area contributed by atoms with Crippen LogP contribution in [0.4, 0.5) is 18.9 Å². The molecule has 26 heavy (non-hydrogen) atoms. The topological polar surface area (TPSA) is 93.7 Å². The summed E-state index contributed by atoms with van der Waals surface area (Å²) in [6, 6.07) is 6.32. The number of hydrogen-bond donors (Lipinski definition) is 2. The van der Waals surface area contributed by atoms with Crippen LogP contribution in [0.3, 0.4) is 0 Å². The number of esters is 1. The van der Waals surface area contributed by atoms with Crippen LogP contribution in [-0.4, -0.2) is 50.8 Å². The molecule has 0 aromatic heterocycles. The Bertz CT molecular complexity index is 617. The zero-order valence-corrected chi connectivity index (χ0v) is 14.0. The first-order chi connectivity index (χ1) is 12.2. The minimum Gasteiger partial charge on any atom is -0.468 e. The van der Waals surface area contributed by atoms with E-state index in [0.717, 1.165) is 0 Å². The fraction of sp³-hybridized carbons (Fsp3) is 0.438. The van der Waals surface area contributed by atoms with Crippen LogP contribution < -0.4 is 10.6 Å². The minimum atomic E-state index is -4.42. The van der Waals surface area contributed by atoms with Gasteiger partial charge in [0.2, 0.25) is 11.8 Å². The van der Waals surface area contributed by atoms with E-state index in [2.05, 4.69) is 20.1 Å². The molecule has 10 heteroatoms. The number of alkyl halides is 3. The van der Waals surface area contributed by atoms with Gasteiger partial charge in [-0.2, -0.15) is 13.2 Å². The van der Waals surface area contributed by atoms with E-state index in [-0.39, 0.29) is 31.9 Å². The Hall–Kier alpha value is -2.62. The van der Waals surface area contributed by atoms with E-state index in [4.69, 9.17) is 0 Å². The highest BCUT2D eigenvalue weighted by Crippen LogP contribution is 2.14. The lowest BCUT2D eigenvalue weighted by Gasteiger charge is -2.09. The number of carbonyl (C=O) groups excluding carboxylic acids is 3. The molecule has 0 heterocycles. The van der Waals surface area contributed by atoms with Crippen LogP contribution in [0, 0.1) is 0 Å². The first-order valence-electron chi connectivity index (χ1n) is 7.56. The molecule has 1 rings (SSSR count). The molecule has 1 aromatic carbocycles. The Morgan fingerprint density at radius 2 is 1.73 bits per heavy atom. The minimum absolute atomic E-state index is 0.0382. The molecule has 0 aliphatic carbocycles. The fourth-order valence-corrected chi connectivity index (χ4v) is 1.77. The van der Waals surface area contributed by atoms with Crippen molar-refractivity contribution in [3.8, 4) is 0 Å². The third kappa shape index (κ3) is 9.62. The molecule has 0 spiro atoms. The molecular weight excluding hydrogens is 357 g/mol. The van der Waals surface area contributed by atoms with Crippen molar-refractivity contribution >= 4 is 23.5 Å². The standard InChI is InChI=1S/C16H19F3N2O5/c1-25-15(24)9-20-14(23)8-11-2-4-12(5-3-11)21-13(22)6-7-26-10-16(17,18)19/h2-5H,6-10H2,1H3,(H,20,23)(H,21,22). The van der Waals surface area contributed by atoms with Crippen LogP contribution >= 0.6 is 0 Å². The van der Waals surface area contributed by atoms with E-state index < -0.39 is 24.7 Å². The third-order valence-electron chi connectivity index (χ3n) is 3.00. The Balaban J connectivity index is 2.34. The van der Waals surface area contributed by atoms with Gasteiger partial charge in [-0.3, -0.25) is 14.4 Å². The first-order valence-corrected chi connectivity index (χ1v) is 7.56. The van der Waals surface area contributed by atoms with Crippen molar-refractivity contribution in [3.05, 3.63) is 29.8 Å². The normalized spacial score (nSPS) is 10.9. The molecule has 0 aliphatic rings. The molecule has 0 fully saturated rings. The Morgan fingerprint density at radius 1 is 1.08 bits per heavy atom. The maximum atomic E-state index is 11.9. The Labute approximate surface area is 147 Å². The lowest BCUT2D eigenvalue weighted by Crippen LogP contribution is -2.31. The van der Waals surface area contributed by atoms with Crippen molar-refractivity contribution in [2.45, 2.75) is 19.0 Å². The van der Waals surface area contributed by atoms with Crippen molar-refractivity contribution in [1.29, 1.82) is 0 Å². The SMILES string of the molecule is COC(=O)CNC(=O)Cc1ccc(NC(=O)CCOCC(F)(F)F)cc1. The average Bonchev–Trinajstić information content (AvgIpc) is 2.57. The third-order valence-corrected chi connectivity index (χ3v) is 3.00. The average molecular weight is 376 g/mol. The number of benzene rings is 1. The van der Waals surface area contributed by atoms with E-state index >= 15 is 0 Å². The maximum absolute atomic E-state index is 11.9. The van der Waals surface area contributed by atoms with Gasteiger partial charge in [0.25, 0.3) is 0 Å². The molecule has 2 amide bonds. The molecule has 0 saturated heterocycles. The van der Waals surface area contributed by atoms with Gasteiger partial charge in [-0.05, 0) is 17.7 Å². The fourth-order valence-electron chi connectivity index (χ4n) is 1.77. The van der Waals surface area contributed by atoms with Gasteiger partial charge < -0.3 is 20.1 Å². The van der Waals surface area contributed by atoms with Crippen LogP contribution in [0.15, 0.2) is 24.3 Å². The van der Waals surface area contributed by atoms with Gasteiger partial charge in [-0.15, -0.1) is 0 Å². The molecule has 0 aliphatic heterocycles. The van der Waals surface area contributed by atoms with Crippen molar-refractivity contribution < 1.29 is 37.0 Å². The Kier molecular flexibility index (Phi) is 8.56. The van der Waals surface area contributed by atoms with Crippen molar-refractivity contribution in [3.63, 3.8) is 0 Å². The summed E-state index contributed by atoms with van der Waals surface area (Å²) in [6.07, 6.45) is -4.60. The summed E-state index contributed by atoms with van der Waals surface area (Å²) in [5, 5.41) is 4.90. The number of carbonyl (C=O) groups is 3. The number of ether oxygens (including phenoxy) is 2. The second-order valence-electron chi connectivity index (χ2n) is 5.19. The molecule has 144 valence electrons. The number of methoxy groups -OCH3 is 1. The summed E-state index contributed by atoms with van der Waals surface area (Å²) < 4.78 is 44.4. The molecule has 0 unspecified atom stereocenters. The lowest BCUT2D eigenvalue weighted by molar-refractivity contribution is -0.174. The van der Waals surface area contributed by atoms with E-state index in [1.54, 1.807) is 24.3 Å². The summed E-state index contributed by atoms with van der Waals surface area (Å²) in [5.41, 5.74) is 1.09. The van der Waals surface area contributed by atoms with E-state index in [0.29, 0.717) is 11.3 Å². The van der Waals surface area contributed by atoms with Crippen LogP contribution in [0.5, 0.6) is 0 Å². The molecule has 0 bridgehead atoms. The summed E-state index contributed by atoms with van der Waals surface area (Å²) in [5.74, 6) is -1.42. The molecule has 0 atom stereocenters. The predicted octanol–water partition coefficient (Wildman–Crippen LogP) is 1.43. The number of nitrogens with one attached hydrogen (secondary N) is 2. The van der Waals surface area contributed by atoms with Gasteiger partial charge in [0.15, 0.2) is 0 Å². The van der Waals surface area contributed by atoms with Gasteiger partial charge in [0.05, 0.1) is 26.6 Å². The quantitative estimate of drug-likeness (QED) is 0.502. The van der Waals surface area contributed by atoms with E-state index in [9.17, 15) is 27.6 Å². The predicted molar refractivity (Wildman–Crippen MR) is 85.3 cm³/mol. The maximum Gasteiger partial charge on any atom is 0.411 e. The number of anilines is 1. The zero-order valence-electron chi connectivity index (χ0n) is 14.0. The lowest BCUT2D eigenvalue weighted by atomic mass is 10.1. The van der Waals surface area contributed by atoms with Gasteiger partial charge >= 0.3 is 12.1 Å². The molecule has 0 radical (unpaired) electrons. The van der Waals surface area contributed by atoms with Gasteiger partial charge in [-0.1, -0.05) is 12.1 Å². The Morgan fingerprint density at radius 3 is 2.31 bits per heavy atom. The number of amides is 2. The first kappa shape index (κ1) is 21.4. The molecule has 7 nitrogen and oxygen atoms in total. The van der Waals surface area contributed by atoms with Crippen LogP contribution in [0.25, 0.3) is 0 Å². The van der Waals surface area contributed by atoms with Gasteiger partial charge in [0.1, 0.15) is 13.2 Å². The number of hydrogen-bond acceptors (Lipinski definition) is 5. The monoisotopic (exact) mass is 376 g/mol. The van der Waals surface area contributed by atoms with E-state index in [1.807, 2.05) is 0 Å². The summed E-state index contributed by atoms with van der Waals surface area (Å²) in [6.45, 7) is -1.96. The van der Waals surface area contributed by atoms with Crippen LogP contribution in [0.2, 0.25) is 0 Å². The van der Waals surface area contributed by atoms with E-state index in [1.165, 1.54) is 7.11 Å². The van der Waals surface area contributed by atoms with Crippen molar-refractivity contribution in [2.75, 3.05) is 32.2 Å². The molecule has 0 saturated carbocycles. The van der Waals surface area contributed by atoms with Crippen molar-refractivity contribution in [2.24, 2.45) is 0 Å². The van der Waals surface area contributed by atoms with Crippen molar-refractivity contribution in [1.82, 2.24) is 5.32 Å². The summed E-state index contributed by atoms with van der Waals surface area (Å²) in [7, 11) is 1.21. The summed E-state index contributed by atoms with van der Waals surface area (Å²) >= 11 is 0. The summed E-state index contributed by atoms with van der Waals surface area (Å²) in [4.78, 5) is 34.1. The second kappa shape index (κ2) is 10.4. The second-order valence-corrected chi connectivity index (χ2v) is 5.19. The van der Waals surface area contributed by atoms with Gasteiger partial charge in [-0.25, -0.2) is 0 Å². The smallest absolute Gasteiger partial charge is 0.411 e. The number of rotatable bonds is 9. The van der Waals surface area contributed by atoms with Crippen LogP contribution in [-0.2, 0) is 30.3 Å². The highest BCUT2D eigenvalue weighted by Gasteiger charge is 2.27.